The molecule has 0 radical (unpaired) electrons. The van der Waals surface area contributed by atoms with Crippen LogP contribution in [-0.4, -0.2) is 0 Å². The van der Waals surface area contributed by atoms with Crippen LogP contribution in [0.15, 0.2) is 27.3 Å². The van der Waals surface area contributed by atoms with Gasteiger partial charge in [-0.3, -0.25) is 0 Å². The Hall–Kier alpha value is -0.760. The zero-order valence-electron chi connectivity index (χ0n) is 11.4. The molecule has 2 aromatic rings. The Labute approximate surface area is 117 Å². The zero-order valence-corrected chi connectivity index (χ0v) is 13.0. The summed E-state index contributed by atoms with van der Waals surface area (Å²) in [7, 11) is 0. The zero-order chi connectivity index (χ0) is 13.1. The predicted octanol–water partition coefficient (Wildman–Crippen LogP) is 5.54. The first kappa shape index (κ1) is 12.3. The fraction of sp³-hybridized carbons (Fsp3) is 0.500. The van der Waals surface area contributed by atoms with Crippen molar-refractivity contribution in [2.45, 2.75) is 51.4 Å². The summed E-state index contributed by atoms with van der Waals surface area (Å²) in [4.78, 5) is 0. The van der Waals surface area contributed by atoms with E-state index in [1.54, 1.807) is 6.26 Å². The topological polar surface area (TPSA) is 13.1 Å². The Morgan fingerprint density at radius 3 is 2.17 bits per heavy atom. The summed E-state index contributed by atoms with van der Waals surface area (Å²) in [6.07, 6.45) is 4.27. The van der Waals surface area contributed by atoms with E-state index in [-0.39, 0.29) is 10.8 Å². The first-order chi connectivity index (χ1) is 8.31. The lowest BCUT2D eigenvalue weighted by atomic mass is 9.63. The highest BCUT2D eigenvalue weighted by atomic mass is 79.9. The second-order valence-corrected chi connectivity index (χ2v) is 7.60. The largest absolute Gasteiger partial charge is 0.463 e. The Morgan fingerprint density at radius 2 is 1.56 bits per heavy atom. The molecular weight excluding hydrogens is 288 g/mol. The molecular formula is C16H19BrO. The SMILES string of the molecule is CC1(C)CCC(C)(C)c2cc3c(Br)coc3cc21. The molecule has 1 aromatic heterocycles. The second-order valence-electron chi connectivity index (χ2n) is 6.75. The lowest BCUT2D eigenvalue weighted by molar-refractivity contribution is 0.332. The molecule has 0 atom stereocenters. The van der Waals surface area contributed by atoms with Crippen LogP contribution >= 0.6 is 15.9 Å². The summed E-state index contributed by atoms with van der Waals surface area (Å²) in [6.45, 7) is 9.37. The summed E-state index contributed by atoms with van der Waals surface area (Å²) >= 11 is 3.57. The summed E-state index contributed by atoms with van der Waals surface area (Å²) in [5.74, 6) is 0. The number of hydrogen-bond donors (Lipinski definition) is 0. The van der Waals surface area contributed by atoms with Gasteiger partial charge in [-0.05, 0) is 62.9 Å². The van der Waals surface area contributed by atoms with Crippen LogP contribution in [-0.2, 0) is 10.8 Å². The molecule has 0 spiro atoms. The van der Waals surface area contributed by atoms with E-state index >= 15 is 0 Å². The number of halogens is 1. The third kappa shape index (κ3) is 1.65. The normalized spacial score (nSPS) is 20.9. The van der Waals surface area contributed by atoms with E-state index in [2.05, 4.69) is 55.8 Å². The number of hydrogen-bond acceptors (Lipinski definition) is 1. The van der Waals surface area contributed by atoms with E-state index in [0.717, 1.165) is 10.1 Å². The van der Waals surface area contributed by atoms with Crippen molar-refractivity contribution < 1.29 is 4.42 Å². The summed E-state index contributed by atoms with van der Waals surface area (Å²) in [5, 5.41) is 1.19. The number of rotatable bonds is 0. The average Bonchev–Trinajstić information content (AvgIpc) is 2.66. The Bertz CT molecular complexity index is 619. The molecule has 1 nitrogen and oxygen atoms in total. The molecule has 1 aliphatic rings. The van der Waals surface area contributed by atoms with Crippen LogP contribution in [0.25, 0.3) is 11.0 Å². The average molecular weight is 307 g/mol. The van der Waals surface area contributed by atoms with Crippen molar-refractivity contribution in [3.8, 4) is 0 Å². The molecule has 0 saturated carbocycles. The third-order valence-corrected chi connectivity index (χ3v) is 5.11. The fourth-order valence-corrected chi connectivity index (χ4v) is 3.46. The maximum Gasteiger partial charge on any atom is 0.135 e. The van der Waals surface area contributed by atoms with E-state index < -0.39 is 0 Å². The molecule has 1 aromatic carbocycles. The first-order valence-corrected chi connectivity index (χ1v) is 7.32. The molecule has 0 bridgehead atoms. The molecule has 0 amide bonds. The van der Waals surface area contributed by atoms with E-state index in [4.69, 9.17) is 4.42 Å². The van der Waals surface area contributed by atoms with Crippen molar-refractivity contribution in [3.05, 3.63) is 34.0 Å². The van der Waals surface area contributed by atoms with Gasteiger partial charge >= 0.3 is 0 Å². The molecule has 1 aliphatic carbocycles. The molecule has 0 unspecified atom stereocenters. The van der Waals surface area contributed by atoms with Crippen molar-refractivity contribution in [3.63, 3.8) is 0 Å². The molecule has 18 heavy (non-hydrogen) atoms. The van der Waals surface area contributed by atoms with E-state index in [1.165, 1.54) is 29.4 Å². The van der Waals surface area contributed by atoms with Gasteiger partial charge in [0.25, 0.3) is 0 Å². The first-order valence-electron chi connectivity index (χ1n) is 6.53. The quantitative estimate of drug-likeness (QED) is 0.622. The van der Waals surface area contributed by atoms with Gasteiger partial charge in [0.15, 0.2) is 0 Å². The monoisotopic (exact) mass is 306 g/mol. The molecule has 3 rings (SSSR count). The second kappa shape index (κ2) is 3.63. The molecule has 0 N–H and O–H groups in total. The highest BCUT2D eigenvalue weighted by molar-refractivity contribution is 9.10. The minimum Gasteiger partial charge on any atom is -0.463 e. The van der Waals surface area contributed by atoms with Gasteiger partial charge in [-0.15, -0.1) is 0 Å². The number of fused-ring (bicyclic) bond motifs is 2. The van der Waals surface area contributed by atoms with Crippen molar-refractivity contribution >= 4 is 26.9 Å². The molecule has 2 heteroatoms. The van der Waals surface area contributed by atoms with Crippen LogP contribution in [0.2, 0.25) is 0 Å². The van der Waals surface area contributed by atoms with Gasteiger partial charge in [-0.1, -0.05) is 27.7 Å². The molecule has 1 heterocycles. The summed E-state index contributed by atoms with van der Waals surface area (Å²) < 4.78 is 6.68. The number of benzene rings is 1. The van der Waals surface area contributed by atoms with Crippen LogP contribution in [0, 0.1) is 0 Å². The van der Waals surface area contributed by atoms with Gasteiger partial charge in [0.1, 0.15) is 11.8 Å². The third-order valence-electron chi connectivity index (χ3n) is 4.50. The van der Waals surface area contributed by atoms with Crippen molar-refractivity contribution in [1.82, 2.24) is 0 Å². The molecule has 96 valence electrons. The molecule has 0 fully saturated rings. The Kier molecular flexibility index (Phi) is 2.48. The Balaban J connectivity index is 2.37. The summed E-state index contributed by atoms with van der Waals surface area (Å²) in [5.41, 5.74) is 4.43. The van der Waals surface area contributed by atoms with E-state index in [0.29, 0.717) is 0 Å². The number of furan rings is 1. The van der Waals surface area contributed by atoms with Gasteiger partial charge in [-0.25, -0.2) is 0 Å². The standard InChI is InChI=1S/C16H19BrO/c1-15(2)5-6-16(3,4)12-8-14-10(7-11(12)15)13(17)9-18-14/h7-9H,5-6H2,1-4H3. The van der Waals surface area contributed by atoms with Crippen LogP contribution in [0.3, 0.4) is 0 Å². The lowest BCUT2D eigenvalue weighted by Crippen LogP contribution is -2.33. The van der Waals surface area contributed by atoms with E-state index in [9.17, 15) is 0 Å². The molecule has 0 aliphatic heterocycles. The van der Waals surface area contributed by atoms with Crippen molar-refractivity contribution in [1.29, 1.82) is 0 Å². The van der Waals surface area contributed by atoms with Crippen molar-refractivity contribution in [2.24, 2.45) is 0 Å². The highest BCUT2D eigenvalue weighted by Crippen LogP contribution is 2.47. The van der Waals surface area contributed by atoms with Gasteiger partial charge < -0.3 is 4.42 Å². The molecule has 0 saturated heterocycles. The van der Waals surface area contributed by atoms with Gasteiger partial charge in [0, 0.05) is 5.39 Å². The lowest BCUT2D eigenvalue weighted by Gasteiger charge is -2.41. The van der Waals surface area contributed by atoms with Crippen LogP contribution in [0.5, 0.6) is 0 Å². The maximum absolute atomic E-state index is 5.63. The van der Waals surface area contributed by atoms with Crippen LogP contribution in [0.4, 0.5) is 0 Å². The van der Waals surface area contributed by atoms with Gasteiger partial charge in [0.05, 0.1) is 4.47 Å². The summed E-state index contributed by atoms with van der Waals surface area (Å²) in [6, 6.07) is 4.56. The predicted molar refractivity (Wildman–Crippen MR) is 79.2 cm³/mol. The smallest absolute Gasteiger partial charge is 0.135 e. The maximum atomic E-state index is 5.63. The van der Waals surface area contributed by atoms with Crippen LogP contribution in [0.1, 0.15) is 51.7 Å². The Morgan fingerprint density at radius 1 is 1.00 bits per heavy atom. The van der Waals surface area contributed by atoms with Crippen molar-refractivity contribution in [2.75, 3.05) is 0 Å². The fourth-order valence-electron chi connectivity index (χ4n) is 3.06. The highest BCUT2D eigenvalue weighted by Gasteiger charge is 2.37. The van der Waals surface area contributed by atoms with Gasteiger partial charge in [0.2, 0.25) is 0 Å². The van der Waals surface area contributed by atoms with Crippen LogP contribution < -0.4 is 0 Å². The van der Waals surface area contributed by atoms with E-state index in [1.807, 2.05) is 0 Å². The minimum atomic E-state index is 0.248. The minimum absolute atomic E-state index is 0.248. The van der Waals surface area contributed by atoms with Gasteiger partial charge in [-0.2, -0.15) is 0 Å².